The normalized spacial score (nSPS) is 49.2. The maximum Gasteiger partial charge on any atom is 0.374 e. The molecule has 13 N–H and O–H groups in total. The quantitative estimate of drug-likeness (QED) is 0.0479. The molecule has 10 rings (SSSR count). The van der Waals surface area contributed by atoms with E-state index in [2.05, 4.69) is 26.8 Å². The summed E-state index contributed by atoms with van der Waals surface area (Å²) in [5.74, 6) is -4.24. The average Bonchev–Trinajstić information content (AvgIpc) is 0.675. The first-order valence-corrected chi connectivity index (χ1v) is 31.4. The van der Waals surface area contributed by atoms with Crippen LogP contribution in [0.5, 0.6) is 0 Å². The third-order valence-electron chi connectivity index (χ3n) is 23.2. The maximum atomic E-state index is 14.3. The van der Waals surface area contributed by atoms with Gasteiger partial charge in [0.2, 0.25) is 5.76 Å². The SMILES string of the molecule is C/C=C(\C)C(=O)O[C@H]1[C@H](OC(=O)c2ccco2)C(C)(C)C[C@H]2C3=CC[C@@H]4[C@@]5(C)CC[C@H](O[C@@H]6O[C@H](C(=O)O)[C@@H](O)[C@H](O[C@@H]7OC[C@@H](O)[C@H](O)[C@H]7O)[C@H]6O[C@@H]6O[C@H](CO)[C@@H](O)[C@H](O)[C@H]6O)C(C)(C)[C@@H]5CC[C@@]4(C)[C@]3(C)C[C@@H](O)[C@]21CO[C@@H]1O[C@@H](C)[C@H](O)[C@@H](O)[C@H]1O. The molecular weight excluding hydrogens is 1190 g/mol. The van der Waals surface area contributed by atoms with Gasteiger partial charge in [-0.2, -0.15) is 0 Å². The average molecular weight is 1280 g/mol. The van der Waals surface area contributed by atoms with Crippen LogP contribution in [0.2, 0.25) is 0 Å². The molecule has 0 spiro atoms. The van der Waals surface area contributed by atoms with Gasteiger partial charge in [-0.15, -0.1) is 0 Å². The number of allylic oxidation sites excluding steroid dienone is 3. The standard InChI is InChI=1S/C63H94O27/c1-11-26(2)52(78)90-50-49(89-53(79)31-13-12-20-80-31)58(4,5)21-29-28-14-15-34-60(8)18-17-36(59(6,7)33(60)16-19-61(34,9)62(28,10)22-35(66)63(29,50)25-82-55-43(73)40(70)37(67)27(3)83-55)85-57-48(88-56-44(74)41(71)39(69)32(23-64)84-56)46(45(75)47(87-57)51(76)77)86-54-42(72)38(68)30(65)24-81-54/h11-14,20,27,29-30,32-50,54-57,64-75H,15-19,21-25H2,1-10H3,(H,76,77)/b26-11+/t27-,29-,30+,32+,33-,34+,35+,36-,37-,38-,39+,40+,41-,42+,43+,44+,45-,46-,47-,48+,49-,50-,54-,55+,56-,57+,60-,61+,62+,63-/m0/s1. The highest BCUT2D eigenvalue weighted by Gasteiger charge is 2.74. The predicted molar refractivity (Wildman–Crippen MR) is 305 cm³/mol. The van der Waals surface area contributed by atoms with E-state index in [0.717, 1.165) is 5.57 Å². The third kappa shape index (κ3) is 11.4. The number of hydrogen-bond donors (Lipinski definition) is 13. The van der Waals surface area contributed by atoms with Crippen LogP contribution < -0.4 is 0 Å². The fourth-order valence-electron chi connectivity index (χ4n) is 17.7. The van der Waals surface area contributed by atoms with E-state index in [4.69, 9.17) is 51.8 Å². The van der Waals surface area contributed by atoms with Gasteiger partial charge in [0.25, 0.3) is 0 Å². The van der Waals surface area contributed by atoms with E-state index in [1.165, 1.54) is 25.3 Å². The molecule has 9 aliphatic rings. The Kier molecular flexibility index (Phi) is 19.6. The van der Waals surface area contributed by atoms with E-state index in [9.17, 15) is 80.8 Å². The molecule has 508 valence electrons. The van der Waals surface area contributed by atoms with Crippen molar-refractivity contribution in [3.63, 3.8) is 0 Å². The molecule has 90 heavy (non-hydrogen) atoms. The van der Waals surface area contributed by atoms with Crippen molar-refractivity contribution in [2.75, 3.05) is 19.8 Å². The van der Waals surface area contributed by atoms with Crippen molar-refractivity contribution in [2.24, 2.45) is 50.2 Å². The molecule has 27 nitrogen and oxygen atoms in total. The third-order valence-corrected chi connectivity index (χ3v) is 23.2. The highest BCUT2D eigenvalue weighted by molar-refractivity contribution is 5.88. The highest BCUT2D eigenvalue weighted by Crippen LogP contribution is 2.76. The lowest BCUT2D eigenvalue weighted by atomic mass is 9.33. The van der Waals surface area contributed by atoms with Crippen LogP contribution in [0.25, 0.3) is 0 Å². The van der Waals surface area contributed by atoms with Crippen LogP contribution in [0.15, 0.2) is 46.1 Å². The summed E-state index contributed by atoms with van der Waals surface area (Å²) in [6, 6.07) is 2.97. The van der Waals surface area contributed by atoms with Gasteiger partial charge in [0.1, 0.15) is 85.5 Å². The topological polar surface area (TPSA) is 420 Å². The van der Waals surface area contributed by atoms with Crippen LogP contribution in [0.4, 0.5) is 0 Å². The number of carboxylic acids is 1. The van der Waals surface area contributed by atoms with Crippen LogP contribution >= 0.6 is 0 Å². The molecule has 0 unspecified atom stereocenters. The number of carbonyl (C=O) groups is 3. The first kappa shape index (κ1) is 69.2. The first-order valence-electron chi connectivity index (χ1n) is 31.4. The molecule has 5 heterocycles. The second-order valence-corrected chi connectivity index (χ2v) is 28.9. The number of aliphatic hydroxyl groups excluding tert-OH is 12. The number of aliphatic hydroxyl groups is 12. The van der Waals surface area contributed by atoms with Gasteiger partial charge in [0.15, 0.2) is 37.4 Å². The van der Waals surface area contributed by atoms with E-state index in [-0.39, 0.29) is 36.0 Å². The summed E-state index contributed by atoms with van der Waals surface area (Å²) in [4.78, 5) is 41.4. The Balaban J connectivity index is 0.998. The number of fused-ring (bicyclic) bond motifs is 7. The lowest BCUT2D eigenvalue weighted by Gasteiger charge is -2.72. The number of esters is 2. The number of carbonyl (C=O) groups excluding carboxylic acids is 2. The number of hydrogen-bond acceptors (Lipinski definition) is 26. The highest BCUT2D eigenvalue weighted by atomic mass is 16.8. The van der Waals surface area contributed by atoms with Gasteiger partial charge in [-0.1, -0.05) is 66.2 Å². The molecule has 4 saturated heterocycles. The largest absolute Gasteiger partial charge is 0.479 e. The van der Waals surface area contributed by atoms with Crippen molar-refractivity contribution in [3.8, 4) is 0 Å². The Morgan fingerprint density at radius 1 is 0.700 bits per heavy atom. The molecule has 0 amide bonds. The molecule has 1 aromatic heterocycles. The first-order chi connectivity index (χ1) is 42.1. The fourth-order valence-corrected chi connectivity index (χ4v) is 17.7. The molecular formula is C63H94O27. The summed E-state index contributed by atoms with van der Waals surface area (Å²) in [6.45, 7) is 17.5. The summed E-state index contributed by atoms with van der Waals surface area (Å²) < 4.78 is 67.6. The number of rotatable bonds is 15. The minimum atomic E-state index is -2.14. The van der Waals surface area contributed by atoms with Crippen LogP contribution in [-0.2, 0) is 57.0 Å². The van der Waals surface area contributed by atoms with Crippen LogP contribution in [0.1, 0.15) is 125 Å². The Hall–Kier alpha value is -3.63. The molecule has 1 aromatic rings. The number of aliphatic carboxylic acids is 1. The minimum Gasteiger partial charge on any atom is -0.479 e. The molecule has 4 saturated carbocycles. The van der Waals surface area contributed by atoms with E-state index in [0.29, 0.717) is 32.1 Å². The van der Waals surface area contributed by atoms with Crippen molar-refractivity contribution < 1.29 is 133 Å². The van der Waals surface area contributed by atoms with Gasteiger partial charge in [0, 0.05) is 11.0 Å². The Morgan fingerprint density at radius 2 is 1.37 bits per heavy atom. The van der Waals surface area contributed by atoms with Crippen molar-refractivity contribution >= 4 is 17.9 Å². The van der Waals surface area contributed by atoms with Gasteiger partial charge in [-0.3, -0.25) is 0 Å². The molecule has 8 fully saturated rings. The molecule has 0 radical (unpaired) electrons. The van der Waals surface area contributed by atoms with Crippen molar-refractivity contribution in [2.45, 2.75) is 255 Å². The molecule has 30 atom stereocenters. The van der Waals surface area contributed by atoms with Crippen LogP contribution in [-0.4, -0.2) is 245 Å². The zero-order valence-corrected chi connectivity index (χ0v) is 52.5. The van der Waals surface area contributed by atoms with Crippen LogP contribution in [0, 0.1) is 50.2 Å². The molecule has 0 bridgehead atoms. The van der Waals surface area contributed by atoms with Crippen LogP contribution in [0.3, 0.4) is 0 Å². The van der Waals surface area contributed by atoms with Crippen molar-refractivity contribution in [3.05, 3.63) is 47.5 Å². The second-order valence-electron chi connectivity index (χ2n) is 28.9. The molecule has 5 aliphatic carbocycles. The zero-order valence-electron chi connectivity index (χ0n) is 52.5. The van der Waals surface area contributed by atoms with E-state index in [1.54, 1.807) is 19.9 Å². The summed E-state index contributed by atoms with van der Waals surface area (Å²) in [5.41, 5.74) is -4.06. The summed E-state index contributed by atoms with van der Waals surface area (Å²) in [5, 5.41) is 144. The van der Waals surface area contributed by atoms with E-state index < -0.39 is 217 Å². The lowest BCUT2D eigenvalue weighted by Crippen LogP contribution is -2.73. The van der Waals surface area contributed by atoms with Crippen molar-refractivity contribution in [1.82, 2.24) is 0 Å². The van der Waals surface area contributed by atoms with E-state index in [1.807, 2.05) is 27.7 Å². The zero-order chi connectivity index (χ0) is 65.9. The van der Waals surface area contributed by atoms with Gasteiger partial charge < -0.3 is 118 Å². The number of carboxylic acid groups (broad SMARTS) is 1. The Labute approximate surface area is 521 Å². The van der Waals surface area contributed by atoms with Gasteiger partial charge in [0.05, 0.1) is 49.8 Å². The minimum absolute atomic E-state index is 0.0771. The maximum absolute atomic E-state index is 14.3. The predicted octanol–water partition coefficient (Wildman–Crippen LogP) is 0.0843. The molecule has 0 aromatic carbocycles. The fraction of sp³-hybridized carbons (Fsp3) is 0.825. The van der Waals surface area contributed by atoms with Gasteiger partial charge >= 0.3 is 17.9 Å². The lowest BCUT2D eigenvalue weighted by molar-refractivity contribution is -0.392. The summed E-state index contributed by atoms with van der Waals surface area (Å²) in [7, 11) is 0. The number of furan rings is 1. The van der Waals surface area contributed by atoms with E-state index >= 15 is 0 Å². The summed E-state index contributed by atoms with van der Waals surface area (Å²) in [6.07, 6.45) is -30.1. The van der Waals surface area contributed by atoms with Crippen molar-refractivity contribution in [1.29, 1.82) is 0 Å². The summed E-state index contributed by atoms with van der Waals surface area (Å²) >= 11 is 0. The smallest absolute Gasteiger partial charge is 0.374 e. The monoisotopic (exact) mass is 1280 g/mol. The van der Waals surface area contributed by atoms with Gasteiger partial charge in [-0.05, 0) is 117 Å². The Morgan fingerprint density at radius 3 is 2.02 bits per heavy atom. The van der Waals surface area contributed by atoms with Gasteiger partial charge in [-0.25, -0.2) is 14.4 Å². The Bertz CT molecular complexity index is 2790. The molecule has 27 heteroatoms. The molecule has 4 aliphatic heterocycles. The number of ether oxygens (including phenoxy) is 10. The second kappa shape index (κ2) is 25.5.